The van der Waals surface area contributed by atoms with Crippen molar-refractivity contribution in [1.29, 1.82) is 0 Å². The Balaban J connectivity index is 0.000000173. The van der Waals surface area contributed by atoms with Crippen LogP contribution >= 0.6 is 34.7 Å². The van der Waals surface area contributed by atoms with Gasteiger partial charge in [-0.1, -0.05) is 146 Å². The van der Waals surface area contributed by atoms with Gasteiger partial charge in [-0.3, -0.25) is 0 Å². The van der Waals surface area contributed by atoms with Crippen LogP contribution in [0.2, 0.25) is 0 Å². The van der Waals surface area contributed by atoms with Crippen molar-refractivity contribution in [3.05, 3.63) is 182 Å². The third-order valence-electron chi connectivity index (χ3n) is 6.23. The van der Waals surface area contributed by atoms with Gasteiger partial charge in [-0.05, 0) is 60.2 Å². The van der Waals surface area contributed by atoms with E-state index in [1.807, 2.05) is 0 Å². The molecule has 0 spiro atoms. The summed E-state index contributed by atoms with van der Waals surface area (Å²) in [7, 11) is 8.43. The van der Waals surface area contributed by atoms with Crippen molar-refractivity contribution in [2.45, 2.75) is 0 Å². The predicted octanol–water partition coefficient (Wildman–Crippen LogP) is 8.00. The van der Waals surface area contributed by atoms with E-state index in [1.165, 1.54) is 31.8 Å². The molecule has 0 atom stereocenters. The molecule has 208 valence electrons. The minimum absolute atomic E-state index is 0.446. The van der Waals surface area contributed by atoms with E-state index in [0.717, 1.165) is 0 Å². The van der Waals surface area contributed by atoms with Gasteiger partial charge in [0.05, 0.1) is 7.92 Å². The van der Waals surface area contributed by atoms with Crippen molar-refractivity contribution in [2.24, 2.45) is 0 Å². The third kappa shape index (κ3) is 9.76. The predicted molar refractivity (Wildman–Crippen MR) is 183 cm³/mol. The number of halogens is 2. The van der Waals surface area contributed by atoms with Crippen LogP contribution in [0.3, 0.4) is 0 Å². The van der Waals surface area contributed by atoms with Gasteiger partial charge in [-0.15, -0.1) is 0 Å². The van der Waals surface area contributed by atoms with Crippen LogP contribution in [0.25, 0.3) is 0 Å². The average Bonchev–Trinajstić information content (AvgIpc) is 3.05. The summed E-state index contributed by atoms with van der Waals surface area (Å²) in [5.41, 5.74) is 0. The van der Waals surface area contributed by atoms with Gasteiger partial charge in [-0.2, -0.15) is 0 Å². The summed E-state index contributed by atoms with van der Waals surface area (Å²) in [5.74, 6) is 0. The Morgan fingerprint density at radius 3 is 0.756 bits per heavy atom. The van der Waals surface area contributed by atoms with Crippen LogP contribution < -0.4 is 31.8 Å². The number of rotatable bonds is 6. The minimum Gasteiger partial charge on any atom is -0.0622 e. The molecule has 0 bridgehead atoms. The summed E-state index contributed by atoms with van der Waals surface area (Å²) in [4.78, 5) is 0. The van der Waals surface area contributed by atoms with Gasteiger partial charge < -0.3 is 0 Å². The minimum atomic E-state index is -0.877. The summed E-state index contributed by atoms with van der Waals surface area (Å²) >= 11 is -0.472. The second-order valence-corrected chi connectivity index (χ2v) is 16.8. The molecule has 6 rings (SSSR count). The quantitative estimate of drug-likeness (QED) is 0.150. The topological polar surface area (TPSA) is 0 Å². The van der Waals surface area contributed by atoms with Gasteiger partial charge >= 0.3 is 35.3 Å². The van der Waals surface area contributed by atoms with Crippen molar-refractivity contribution >= 4 is 66.5 Å². The molecule has 0 unspecified atom stereocenters. The molecule has 41 heavy (non-hydrogen) atoms. The average molecular weight is 792 g/mol. The summed E-state index contributed by atoms with van der Waals surface area (Å²) in [6.07, 6.45) is 0. The largest absolute Gasteiger partial charge is 0.102 e. The molecule has 0 N–H and O–H groups in total. The van der Waals surface area contributed by atoms with E-state index >= 15 is 0 Å². The van der Waals surface area contributed by atoms with Crippen molar-refractivity contribution in [1.82, 2.24) is 0 Å². The van der Waals surface area contributed by atoms with Crippen molar-refractivity contribution < 1.29 is 16.5 Å². The summed E-state index contributed by atoms with van der Waals surface area (Å²) in [6.45, 7) is 0. The van der Waals surface area contributed by atoms with Gasteiger partial charge in [0.2, 0.25) is 0 Å². The van der Waals surface area contributed by atoms with Crippen molar-refractivity contribution in [3.8, 4) is 0 Å². The second kappa shape index (κ2) is 18.1. The Morgan fingerprint density at radius 2 is 0.537 bits per heavy atom. The maximum atomic E-state index is 4.88. The van der Waals surface area contributed by atoms with Crippen molar-refractivity contribution in [3.63, 3.8) is 0 Å². The fraction of sp³-hybridized carbons (Fsp3) is 0. The van der Waals surface area contributed by atoms with Crippen LogP contribution in [0.4, 0.5) is 0 Å². The maximum absolute atomic E-state index is 4.88. The molecule has 0 aliphatic carbocycles. The van der Waals surface area contributed by atoms with Crippen LogP contribution in [0, 0.1) is 0 Å². The molecule has 0 saturated heterocycles. The smallest absolute Gasteiger partial charge is 0.0622 e. The molecule has 5 heteroatoms. The second-order valence-electron chi connectivity index (χ2n) is 8.86. The standard InChI is InChI=1S/2C18H15P.2ClH.Pt/c2*1-4-10-16(11-5-1)19(17-12-6-2-7-13-17)18-14-8-3-9-15-18;;;/h2*1-15H;2*1H;/q;;;;+2/p-1. The molecule has 0 nitrogen and oxygen atoms in total. The van der Waals surface area contributed by atoms with E-state index in [9.17, 15) is 0 Å². The monoisotopic (exact) mass is 790 g/mol. The number of hydrogen-bond donors (Lipinski definition) is 0. The Morgan fingerprint density at radius 1 is 0.341 bits per heavy atom. The van der Waals surface area contributed by atoms with E-state index in [1.54, 1.807) is 0 Å². The third-order valence-corrected chi connectivity index (χ3v) is 11.4. The Labute approximate surface area is 263 Å². The molecular weight excluding hydrogens is 760 g/mol. The van der Waals surface area contributed by atoms with E-state index in [-0.39, 0.29) is 0 Å². The zero-order valence-electron chi connectivity index (χ0n) is 22.3. The first kappa shape index (κ1) is 31.4. The van der Waals surface area contributed by atoms with Gasteiger partial charge in [-0.25, -0.2) is 0 Å². The molecule has 0 aliphatic rings. The zero-order chi connectivity index (χ0) is 28.5. The van der Waals surface area contributed by atoms with Crippen LogP contribution in [0.15, 0.2) is 182 Å². The normalized spacial score (nSPS) is 10.3. The Kier molecular flexibility index (Phi) is 13.8. The SMILES string of the molecule is [Cl][Pt][Cl].c1ccc(P(c2ccccc2)c2ccccc2)cc1.c1ccc([PH+](c2ccccc2)c2ccccc2)cc1. The fourth-order valence-electron chi connectivity index (χ4n) is 4.49. The molecule has 0 aromatic heterocycles. The molecular formula is C36H31Cl2P2Pt+. The first-order valence-corrected chi connectivity index (χ1v) is 21.6. The Bertz CT molecular complexity index is 1200. The first-order chi connectivity index (χ1) is 20.3. The number of hydrogen-bond acceptors (Lipinski definition) is 0. The molecule has 6 aromatic rings. The van der Waals surface area contributed by atoms with Gasteiger partial charge in [0, 0.05) is 0 Å². The molecule has 6 aromatic carbocycles. The summed E-state index contributed by atoms with van der Waals surface area (Å²) < 4.78 is 0. The van der Waals surface area contributed by atoms with Crippen LogP contribution in [-0.4, -0.2) is 0 Å². The molecule has 0 saturated carbocycles. The van der Waals surface area contributed by atoms with Crippen LogP contribution in [0.1, 0.15) is 0 Å². The van der Waals surface area contributed by atoms with E-state index in [4.69, 9.17) is 18.8 Å². The van der Waals surface area contributed by atoms with Crippen LogP contribution in [-0.2, 0) is 16.5 Å². The molecule has 0 fully saturated rings. The first-order valence-electron chi connectivity index (χ1n) is 13.1. The molecule has 0 aliphatic heterocycles. The van der Waals surface area contributed by atoms with Crippen LogP contribution in [0.5, 0.6) is 0 Å². The maximum Gasteiger partial charge on any atom is 0.102 e. The molecule has 0 radical (unpaired) electrons. The van der Waals surface area contributed by atoms with Gasteiger partial charge in [0.25, 0.3) is 0 Å². The molecule has 0 amide bonds. The zero-order valence-corrected chi connectivity index (χ0v) is 28.0. The van der Waals surface area contributed by atoms with E-state index in [2.05, 4.69) is 182 Å². The number of benzene rings is 6. The van der Waals surface area contributed by atoms with E-state index < -0.39 is 32.3 Å². The fourth-order valence-corrected chi connectivity index (χ4v) is 9.38. The van der Waals surface area contributed by atoms with Gasteiger partial charge in [0.1, 0.15) is 15.9 Å². The Hall–Kier alpha value is -2.55. The van der Waals surface area contributed by atoms with Gasteiger partial charge in [0.15, 0.2) is 0 Å². The summed E-state index contributed by atoms with van der Waals surface area (Å²) in [6, 6.07) is 64.8. The van der Waals surface area contributed by atoms with E-state index in [0.29, 0.717) is 0 Å². The summed E-state index contributed by atoms with van der Waals surface area (Å²) in [5, 5.41) is 8.50. The molecule has 0 heterocycles. The van der Waals surface area contributed by atoms with Crippen molar-refractivity contribution in [2.75, 3.05) is 0 Å².